The lowest BCUT2D eigenvalue weighted by atomic mass is 10.1. The van der Waals surface area contributed by atoms with E-state index < -0.39 is 6.09 Å². The summed E-state index contributed by atoms with van der Waals surface area (Å²) >= 11 is 1.76. The van der Waals surface area contributed by atoms with Gasteiger partial charge in [-0.1, -0.05) is 37.7 Å². The first-order valence-corrected chi connectivity index (χ1v) is 11.3. The fourth-order valence-corrected chi connectivity index (χ4v) is 4.90. The lowest BCUT2D eigenvalue weighted by Crippen LogP contribution is -2.14. The van der Waals surface area contributed by atoms with Crippen molar-refractivity contribution >= 4 is 17.9 Å². The zero-order valence-corrected chi connectivity index (χ0v) is 19.4. The van der Waals surface area contributed by atoms with Gasteiger partial charge in [0.2, 0.25) is 0 Å². The molecular weight excluding hydrogens is 408 g/mol. The van der Waals surface area contributed by atoms with Gasteiger partial charge < -0.3 is 15.0 Å². The molecule has 0 saturated carbocycles. The lowest BCUT2D eigenvalue weighted by molar-refractivity contribution is 0.155. The van der Waals surface area contributed by atoms with Crippen LogP contribution in [0, 0.1) is 13.8 Å². The first-order valence-electron chi connectivity index (χ1n) is 10.5. The monoisotopic (exact) mass is 438 g/mol. The molecule has 2 aromatic heterocycles. The highest BCUT2D eigenvalue weighted by Crippen LogP contribution is 2.36. The SMILES string of the molecule is Cc1cc(C)cc(Sc2c(C(C)C)nc(CCCOC(N)=O)n2Cc2cccnc2)c1. The van der Waals surface area contributed by atoms with Gasteiger partial charge in [0, 0.05) is 23.7 Å². The number of hydrogen-bond donors (Lipinski definition) is 1. The summed E-state index contributed by atoms with van der Waals surface area (Å²) in [4.78, 5) is 21.4. The van der Waals surface area contributed by atoms with E-state index >= 15 is 0 Å². The molecule has 0 unspecified atom stereocenters. The van der Waals surface area contributed by atoms with Crippen LogP contribution < -0.4 is 5.73 Å². The second kappa shape index (κ2) is 10.5. The number of carbonyl (C=O) groups excluding carboxylic acids is 1. The topological polar surface area (TPSA) is 83.0 Å². The minimum atomic E-state index is -0.743. The molecule has 7 heteroatoms. The highest BCUT2D eigenvalue weighted by Gasteiger charge is 2.21. The van der Waals surface area contributed by atoms with E-state index in [1.54, 1.807) is 18.0 Å². The molecule has 31 heavy (non-hydrogen) atoms. The van der Waals surface area contributed by atoms with Crippen molar-refractivity contribution in [1.82, 2.24) is 14.5 Å². The van der Waals surface area contributed by atoms with Crippen molar-refractivity contribution in [3.63, 3.8) is 0 Å². The fourth-order valence-electron chi connectivity index (χ4n) is 3.52. The zero-order valence-electron chi connectivity index (χ0n) is 18.6. The standard InChI is InChI=1S/C24H30N4O2S/c1-16(2)22-23(31-20-12-17(3)11-18(4)13-20)28(15-19-7-5-9-26-14-19)21(27-22)8-6-10-30-24(25)29/h5,7,9,11-14,16H,6,8,10,15H2,1-4H3,(H2,25,29). The van der Waals surface area contributed by atoms with Crippen LogP contribution in [0.4, 0.5) is 4.79 Å². The first-order chi connectivity index (χ1) is 14.8. The molecule has 0 bridgehead atoms. The molecule has 1 aromatic carbocycles. The quantitative estimate of drug-likeness (QED) is 0.462. The van der Waals surface area contributed by atoms with Crippen LogP contribution >= 0.6 is 11.8 Å². The molecule has 2 N–H and O–H groups in total. The second-order valence-electron chi connectivity index (χ2n) is 8.02. The number of nitrogens with two attached hydrogens (primary N) is 1. The summed E-state index contributed by atoms with van der Waals surface area (Å²) in [5.74, 6) is 1.26. The lowest BCUT2D eigenvalue weighted by Gasteiger charge is -2.14. The Bertz CT molecular complexity index is 1010. The number of amides is 1. The van der Waals surface area contributed by atoms with E-state index in [0.717, 1.165) is 22.1 Å². The van der Waals surface area contributed by atoms with Crippen LogP contribution in [-0.4, -0.2) is 27.2 Å². The Morgan fingerprint density at radius 1 is 1.23 bits per heavy atom. The maximum Gasteiger partial charge on any atom is 0.404 e. The summed E-state index contributed by atoms with van der Waals surface area (Å²) in [5, 5.41) is 1.15. The normalized spacial score (nSPS) is 11.1. The molecule has 0 aliphatic carbocycles. The van der Waals surface area contributed by atoms with Crippen LogP contribution in [0.25, 0.3) is 0 Å². The summed E-state index contributed by atoms with van der Waals surface area (Å²) in [7, 11) is 0. The first kappa shape index (κ1) is 22.9. The van der Waals surface area contributed by atoms with E-state index in [2.05, 4.69) is 61.5 Å². The Morgan fingerprint density at radius 3 is 2.58 bits per heavy atom. The van der Waals surface area contributed by atoms with E-state index in [4.69, 9.17) is 15.5 Å². The third kappa shape index (κ3) is 6.34. The van der Waals surface area contributed by atoms with E-state index in [1.165, 1.54) is 16.0 Å². The summed E-state index contributed by atoms with van der Waals surface area (Å²) in [6.45, 7) is 9.55. The van der Waals surface area contributed by atoms with Gasteiger partial charge in [-0.15, -0.1) is 0 Å². The Kier molecular flexibility index (Phi) is 7.74. The molecular formula is C24H30N4O2S. The number of imidazole rings is 1. The molecule has 3 rings (SSSR count). The molecule has 3 aromatic rings. The van der Waals surface area contributed by atoms with Crippen LogP contribution in [0.15, 0.2) is 52.6 Å². The smallest absolute Gasteiger partial charge is 0.404 e. The Hall–Kier alpha value is -2.80. The number of aromatic nitrogens is 3. The molecule has 0 fully saturated rings. The van der Waals surface area contributed by atoms with Crippen molar-refractivity contribution in [1.29, 1.82) is 0 Å². The number of benzene rings is 1. The molecule has 164 valence electrons. The average Bonchev–Trinajstić information content (AvgIpc) is 3.02. The van der Waals surface area contributed by atoms with E-state index in [0.29, 0.717) is 19.4 Å². The van der Waals surface area contributed by atoms with Crippen molar-refractivity contribution in [2.75, 3.05) is 6.61 Å². The fraction of sp³-hybridized carbons (Fsp3) is 0.375. The minimum absolute atomic E-state index is 0.282. The number of rotatable bonds is 9. The molecule has 0 aliphatic rings. The molecule has 0 radical (unpaired) electrons. The molecule has 6 nitrogen and oxygen atoms in total. The largest absolute Gasteiger partial charge is 0.450 e. The number of pyridine rings is 1. The molecule has 1 amide bonds. The van der Waals surface area contributed by atoms with E-state index in [1.807, 2.05) is 12.3 Å². The number of ether oxygens (including phenoxy) is 1. The van der Waals surface area contributed by atoms with Crippen molar-refractivity contribution in [3.8, 4) is 0 Å². The van der Waals surface area contributed by atoms with Gasteiger partial charge >= 0.3 is 6.09 Å². The van der Waals surface area contributed by atoms with Crippen LogP contribution in [-0.2, 0) is 17.7 Å². The van der Waals surface area contributed by atoms with Crippen LogP contribution in [0.3, 0.4) is 0 Å². The van der Waals surface area contributed by atoms with Crippen LogP contribution in [0.5, 0.6) is 0 Å². The number of nitrogens with zero attached hydrogens (tertiary/aromatic N) is 3. The number of hydrogen-bond acceptors (Lipinski definition) is 5. The Labute approximate surface area is 188 Å². The van der Waals surface area contributed by atoms with Gasteiger partial charge in [-0.25, -0.2) is 9.78 Å². The van der Waals surface area contributed by atoms with E-state index in [-0.39, 0.29) is 12.5 Å². The van der Waals surface area contributed by atoms with Gasteiger partial charge in [0.15, 0.2) is 0 Å². The predicted molar refractivity (Wildman–Crippen MR) is 124 cm³/mol. The highest BCUT2D eigenvalue weighted by atomic mass is 32.2. The van der Waals surface area contributed by atoms with Gasteiger partial charge in [0.25, 0.3) is 0 Å². The van der Waals surface area contributed by atoms with Crippen molar-refractivity contribution in [3.05, 3.63) is 70.9 Å². The van der Waals surface area contributed by atoms with Crippen molar-refractivity contribution in [2.24, 2.45) is 5.73 Å². The van der Waals surface area contributed by atoms with Crippen LogP contribution in [0.2, 0.25) is 0 Å². The van der Waals surface area contributed by atoms with Crippen molar-refractivity contribution in [2.45, 2.75) is 62.9 Å². The minimum Gasteiger partial charge on any atom is -0.450 e. The second-order valence-corrected chi connectivity index (χ2v) is 9.08. The molecule has 0 atom stereocenters. The number of carbonyl (C=O) groups is 1. The molecule has 0 saturated heterocycles. The maximum absolute atomic E-state index is 10.9. The summed E-state index contributed by atoms with van der Waals surface area (Å²) in [5.41, 5.74) is 9.78. The maximum atomic E-state index is 10.9. The summed E-state index contributed by atoms with van der Waals surface area (Å²) < 4.78 is 7.19. The molecule has 0 spiro atoms. The number of aryl methyl sites for hydroxylation is 3. The molecule has 0 aliphatic heterocycles. The van der Waals surface area contributed by atoms with Gasteiger partial charge in [-0.3, -0.25) is 4.98 Å². The Morgan fingerprint density at radius 2 is 1.97 bits per heavy atom. The van der Waals surface area contributed by atoms with Gasteiger partial charge in [0.1, 0.15) is 10.9 Å². The van der Waals surface area contributed by atoms with E-state index in [9.17, 15) is 4.79 Å². The van der Waals surface area contributed by atoms with Gasteiger partial charge in [-0.2, -0.15) is 0 Å². The summed E-state index contributed by atoms with van der Waals surface area (Å²) in [6.07, 6.45) is 4.29. The third-order valence-electron chi connectivity index (χ3n) is 4.83. The van der Waals surface area contributed by atoms with Gasteiger partial charge in [0.05, 0.1) is 18.8 Å². The number of primary amides is 1. The highest BCUT2D eigenvalue weighted by molar-refractivity contribution is 7.99. The van der Waals surface area contributed by atoms with Gasteiger partial charge in [-0.05, 0) is 61.1 Å². The zero-order chi connectivity index (χ0) is 22.4. The Balaban J connectivity index is 1.99. The summed E-state index contributed by atoms with van der Waals surface area (Å²) in [6, 6.07) is 10.6. The predicted octanol–water partition coefficient (Wildman–Crippen LogP) is 5.25. The third-order valence-corrected chi connectivity index (χ3v) is 5.93. The van der Waals surface area contributed by atoms with Crippen molar-refractivity contribution < 1.29 is 9.53 Å². The average molecular weight is 439 g/mol. The molecule has 2 heterocycles. The van der Waals surface area contributed by atoms with Crippen LogP contribution in [0.1, 0.15) is 54.4 Å².